The second-order valence-electron chi connectivity index (χ2n) is 4.49. The third kappa shape index (κ3) is 5.06. The Morgan fingerprint density at radius 3 is 2.36 bits per heavy atom. The Labute approximate surface area is 138 Å². The number of hydrogen-bond acceptors (Lipinski definition) is 3. The summed E-state index contributed by atoms with van der Waals surface area (Å²) in [4.78, 5) is 23.4. The van der Waals surface area contributed by atoms with Crippen molar-refractivity contribution in [3.8, 4) is 0 Å². The minimum absolute atomic E-state index is 0.0799. The summed E-state index contributed by atoms with van der Waals surface area (Å²) in [6, 6.07) is 13.7. The predicted molar refractivity (Wildman–Crippen MR) is 86.2 cm³/mol. The van der Waals surface area contributed by atoms with Gasteiger partial charge >= 0.3 is 5.97 Å². The maximum Gasteiger partial charge on any atom is 0.310 e. The lowest BCUT2D eigenvalue weighted by Gasteiger charge is -2.08. The molecule has 0 radical (unpaired) electrons. The maximum atomic E-state index is 11.7. The van der Waals surface area contributed by atoms with Gasteiger partial charge in [0.15, 0.2) is 6.61 Å². The van der Waals surface area contributed by atoms with Crippen molar-refractivity contribution < 1.29 is 14.3 Å². The Bertz CT molecular complexity index is 671. The average Bonchev–Trinajstić information content (AvgIpc) is 2.50. The summed E-state index contributed by atoms with van der Waals surface area (Å²) in [7, 11) is 0. The molecule has 0 aliphatic rings. The highest BCUT2D eigenvalue weighted by molar-refractivity contribution is 6.33. The second-order valence-corrected chi connectivity index (χ2v) is 5.34. The van der Waals surface area contributed by atoms with Crippen LogP contribution in [0, 0.1) is 0 Å². The SMILES string of the molecule is O=C(COC(=O)Cc1ccc(Cl)cc1)Nc1ccccc1Cl. The fourth-order valence-electron chi connectivity index (χ4n) is 1.71. The van der Waals surface area contributed by atoms with E-state index >= 15 is 0 Å². The van der Waals surface area contributed by atoms with Crippen LogP contribution in [0.15, 0.2) is 48.5 Å². The summed E-state index contributed by atoms with van der Waals surface area (Å²) in [5.41, 5.74) is 1.24. The molecule has 1 amide bonds. The molecule has 0 aliphatic carbocycles. The molecule has 0 saturated carbocycles. The molecule has 2 aromatic carbocycles. The van der Waals surface area contributed by atoms with Crippen molar-refractivity contribution in [3.63, 3.8) is 0 Å². The van der Waals surface area contributed by atoms with Gasteiger partial charge in [0.05, 0.1) is 17.1 Å². The number of anilines is 1. The molecule has 0 bridgehead atoms. The molecular formula is C16H13Cl2NO3. The molecule has 0 unspecified atom stereocenters. The van der Waals surface area contributed by atoms with Gasteiger partial charge in [0.2, 0.25) is 0 Å². The zero-order valence-electron chi connectivity index (χ0n) is 11.5. The van der Waals surface area contributed by atoms with E-state index in [1.807, 2.05) is 0 Å². The lowest BCUT2D eigenvalue weighted by Crippen LogP contribution is -2.21. The molecule has 2 aromatic rings. The number of benzene rings is 2. The number of halogens is 2. The Balaban J connectivity index is 1.79. The van der Waals surface area contributed by atoms with Crippen molar-refractivity contribution in [1.82, 2.24) is 0 Å². The molecule has 114 valence electrons. The number of carbonyl (C=O) groups excluding carboxylic acids is 2. The van der Waals surface area contributed by atoms with Gasteiger partial charge in [0, 0.05) is 5.02 Å². The molecular weight excluding hydrogens is 325 g/mol. The van der Waals surface area contributed by atoms with Crippen LogP contribution in [0.2, 0.25) is 10.0 Å². The predicted octanol–water partition coefficient (Wildman–Crippen LogP) is 3.72. The summed E-state index contributed by atoms with van der Waals surface area (Å²) in [5, 5.41) is 3.58. The fourth-order valence-corrected chi connectivity index (χ4v) is 2.02. The van der Waals surface area contributed by atoms with Crippen LogP contribution in [0.4, 0.5) is 5.69 Å². The van der Waals surface area contributed by atoms with E-state index in [2.05, 4.69) is 5.32 Å². The third-order valence-corrected chi connectivity index (χ3v) is 3.36. The molecule has 6 heteroatoms. The zero-order valence-corrected chi connectivity index (χ0v) is 13.0. The minimum atomic E-state index is -0.489. The lowest BCUT2D eigenvalue weighted by atomic mass is 10.1. The number of carbonyl (C=O) groups is 2. The van der Waals surface area contributed by atoms with Gasteiger partial charge in [-0.2, -0.15) is 0 Å². The van der Waals surface area contributed by atoms with Gasteiger partial charge in [-0.1, -0.05) is 47.5 Å². The summed E-state index contributed by atoms with van der Waals surface area (Å²) in [6.07, 6.45) is 0.0799. The van der Waals surface area contributed by atoms with E-state index in [4.69, 9.17) is 27.9 Å². The van der Waals surface area contributed by atoms with Gasteiger partial charge in [0.1, 0.15) is 0 Å². The third-order valence-electron chi connectivity index (χ3n) is 2.77. The summed E-state index contributed by atoms with van der Waals surface area (Å²) in [6.45, 7) is -0.363. The smallest absolute Gasteiger partial charge is 0.310 e. The number of nitrogens with one attached hydrogen (secondary N) is 1. The first-order valence-corrected chi connectivity index (χ1v) is 7.24. The first-order valence-electron chi connectivity index (χ1n) is 6.49. The molecule has 0 atom stereocenters. The Kier molecular flexibility index (Phi) is 5.81. The van der Waals surface area contributed by atoms with Crippen molar-refractivity contribution in [2.45, 2.75) is 6.42 Å². The van der Waals surface area contributed by atoms with E-state index in [0.29, 0.717) is 15.7 Å². The van der Waals surface area contributed by atoms with E-state index in [9.17, 15) is 9.59 Å². The van der Waals surface area contributed by atoms with Crippen LogP contribution in [0.3, 0.4) is 0 Å². The van der Waals surface area contributed by atoms with Gasteiger partial charge in [-0.25, -0.2) is 0 Å². The van der Waals surface area contributed by atoms with Crippen LogP contribution in [0.1, 0.15) is 5.56 Å². The number of ether oxygens (including phenoxy) is 1. The van der Waals surface area contributed by atoms with E-state index in [1.54, 1.807) is 48.5 Å². The Morgan fingerprint density at radius 2 is 1.68 bits per heavy atom. The monoisotopic (exact) mass is 337 g/mol. The summed E-state index contributed by atoms with van der Waals surface area (Å²) >= 11 is 11.7. The van der Waals surface area contributed by atoms with Crippen molar-refractivity contribution in [2.24, 2.45) is 0 Å². The molecule has 1 N–H and O–H groups in total. The highest BCUT2D eigenvalue weighted by atomic mass is 35.5. The summed E-state index contributed by atoms with van der Waals surface area (Å²) in [5.74, 6) is -0.936. The van der Waals surface area contributed by atoms with Crippen LogP contribution >= 0.6 is 23.2 Å². The van der Waals surface area contributed by atoms with Crippen LogP contribution in [0.5, 0.6) is 0 Å². The second kappa shape index (κ2) is 7.82. The van der Waals surface area contributed by atoms with Crippen LogP contribution in [-0.4, -0.2) is 18.5 Å². The number of amides is 1. The Morgan fingerprint density at radius 1 is 1.00 bits per heavy atom. The molecule has 2 rings (SSSR count). The number of rotatable bonds is 5. The van der Waals surface area contributed by atoms with Gasteiger partial charge in [-0.3, -0.25) is 9.59 Å². The Hall–Kier alpha value is -2.04. The van der Waals surface area contributed by atoms with E-state index in [0.717, 1.165) is 5.56 Å². The average molecular weight is 338 g/mol. The lowest BCUT2D eigenvalue weighted by molar-refractivity contribution is -0.146. The van der Waals surface area contributed by atoms with Crippen molar-refractivity contribution in [3.05, 3.63) is 64.1 Å². The van der Waals surface area contributed by atoms with Gasteiger partial charge in [0.25, 0.3) is 5.91 Å². The first kappa shape index (κ1) is 16.3. The molecule has 4 nitrogen and oxygen atoms in total. The topological polar surface area (TPSA) is 55.4 Å². The van der Waals surface area contributed by atoms with Gasteiger partial charge < -0.3 is 10.1 Å². The number of hydrogen-bond donors (Lipinski definition) is 1. The molecule has 0 aliphatic heterocycles. The van der Waals surface area contributed by atoms with Crippen molar-refractivity contribution in [1.29, 1.82) is 0 Å². The first-order chi connectivity index (χ1) is 10.5. The fraction of sp³-hybridized carbons (Fsp3) is 0.125. The molecule has 0 aromatic heterocycles. The van der Waals surface area contributed by atoms with Gasteiger partial charge in [-0.15, -0.1) is 0 Å². The summed E-state index contributed by atoms with van der Waals surface area (Å²) < 4.78 is 4.92. The standard InChI is InChI=1S/C16H13Cl2NO3/c17-12-7-5-11(6-8-12)9-16(21)22-10-15(20)19-14-4-2-1-3-13(14)18/h1-8H,9-10H2,(H,19,20). The van der Waals surface area contributed by atoms with E-state index in [-0.39, 0.29) is 13.0 Å². The van der Waals surface area contributed by atoms with Crippen LogP contribution in [-0.2, 0) is 20.7 Å². The molecule has 0 heterocycles. The molecule has 0 saturated heterocycles. The minimum Gasteiger partial charge on any atom is -0.455 e. The number of esters is 1. The maximum absolute atomic E-state index is 11.7. The van der Waals surface area contributed by atoms with Crippen molar-refractivity contribution in [2.75, 3.05) is 11.9 Å². The van der Waals surface area contributed by atoms with Crippen molar-refractivity contribution >= 4 is 40.8 Å². The number of para-hydroxylation sites is 1. The van der Waals surface area contributed by atoms with E-state index in [1.165, 1.54) is 0 Å². The van der Waals surface area contributed by atoms with E-state index < -0.39 is 11.9 Å². The van der Waals surface area contributed by atoms with Gasteiger partial charge in [-0.05, 0) is 29.8 Å². The largest absolute Gasteiger partial charge is 0.455 e. The molecule has 22 heavy (non-hydrogen) atoms. The molecule has 0 fully saturated rings. The highest BCUT2D eigenvalue weighted by Gasteiger charge is 2.10. The normalized spacial score (nSPS) is 10.1. The zero-order chi connectivity index (χ0) is 15.9. The van der Waals surface area contributed by atoms with Crippen LogP contribution < -0.4 is 5.32 Å². The van der Waals surface area contributed by atoms with Crippen LogP contribution in [0.25, 0.3) is 0 Å². The quantitative estimate of drug-likeness (QED) is 0.846. The highest BCUT2D eigenvalue weighted by Crippen LogP contribution is 2.20. The molecule has 0 spiro atoms.